The average molecular weight is 327 g/mol. The Balaban J connectivity index is 3.39. The van der Waals surface area contributed by atoms with E-state index in [9.17, 15) is 13.2 Å². The third kappa shape index (κ3) is 7.25. The molecule has 0 N–H and O–H groups in total. The van der Waals surface area contributed by atoms with Crippen molar-refractivity contribution in [3.8, 4) is 0 Å². The predicted molar refractivity (Wildman–Crippen MR) is 35.9 cm³/mol. The van der Waals surface area contributed by atoms with Gasteiger partial charge in [-0.3, -0.25) is 0 Å². The molecule has 1 nitrogen and oxygen atoms in total. The van der Waals surface area contributed by atoms with Crippen LogP contribution in [-0.4, -0.2) is 6.36 Å². The van der Waals surface area contributed by atoms with E-state index in [4.69, 9.17) is 8.91 Å². The zero-order chi connectivity index (χ0) is 6.78. The van der Waals surface area contributed by atoms with Gasteiger partial charge >= 0.3 is 61.1 Å². The van der Waals surface area contributed by atoms with Crippen molar-refractivity contribution in [2.45, 2.75) is 6.36 Å². The second kappa shape index (κ2) is 3.43. The Morgan fingerprint density at radius 1 is 1.50 bits per heavy atom. The average Bonchev–Trinajstić information content (AvgIpc) is 1.21. The van der Waals surface area contributed by atoms with Gasteiger partial charge in [-0.05, 0) is 0 Å². The summed E-state index contributed by atoms with van der Waals surface area (Å²) in [5, 5.41) is 0. The number of hydrogen-bond acceptors (Lipinski definition) is 1. The number of alkyl halides is 3. The van der Waals surface area contributed by atoms with Gasteiger partial charge in [0.15, 0.2) is 0 Å². The van der Waals surface area contributed by atoms with Crippen LogP contribution in [0.1, 0.15) is 0 Å². The molecule has 0 aliphatic heterocycles. The first kappa shape index (κ1) is 9.25. The van der Waals surface area contributed by atoms with Crippen molar-refractivity contribution in [2.24, 2.45) is 0 Å². The quantitative estimate of drug-likeness (QED) is 0.671. The fourth-order valence-corrected chi connectivity index (χ4v) is 1.82. The van der Waals surface area contributed by atoms with E-state index in [1.807, 2.05) is 0 Å². The van der Waals surface area contributed by atoms with Crippen molar-refractivity contribution in [1.82, 2.24) is 0 Å². The van der Waals surface area contributed by atoms with Crippen LogP contribution in [0.15, 0.2) is 0 Å². The molecule has 0 atom stereocenters. The molecule has 0 aromatic heterocycles. The molecule has 0 aromatic carbocycles. The SMILES string of the molecule is FC(F)(F)OI(Cl)Br. The summed E-state index contributed by atoms with van der Waals surface area (Å²) in [7, 11) is 4.89. The number of rotatable bonds is 1. The second-order valence-electron chi connectivity index (χ2n) is 0.694. The van der Waals surface area contributed by atoms with E-state index in [2.05, 4.69) is 15.8 Å². The van der Waals surface area contributed by atoms with E-state index in [-0.39, 0.29) is 0 Å². The molecule has 0 saturated heterocycles. The van der Waals surface area contributed by atoms with Crippen LogP contribution >= 0.6 is 38.5 Å². The van der Waals surface area contributed by atoms with Crippen molar-refractivity contribution < 1.29 is 16.2 Å². The maximum absolute atomic E-state index is 11.0. The molecule has 0 spiro atoms. The van der Waals surface area contributed by atoms with Gasteiger partial charge in [-0.1, -0.05) is 0 Å². The molecule has 0 bridgehead atoms. The molecule has 0 heterocycles. The zero-order valence-corrected chi connectivity index (χ0v) is 7.68. The van der Waals surface area contributed by atoms with Gasteiger partial charge in [0.05, 0.1) is 0 Å². The van der Waals surface area contributed by atoms with Gasteiger partial charge in [-0.15, -0.1) is 0 Å². The van der Waals surface area contributed by atoms with E-state index < -0.39 is 23.2 Å². The van der Waals surface area contributed by atoms with E-state index in [1.165, 1.54) is 0 Å². The van der Waals surface area contributed by atoms with E-state index in [0.717, 1.165) is 0 Å². The maximum atomic E-state index is 11.0. The monoisotopic (exact) mass is 326 g/mol. The summed E-state index contributed by atoms with van der Waals surface area (Å²) >= 11 is -0.291. The van der Waals surface area contributed by atoms with E-state index in [1.54, 1.807) is 0 Å². The molecule has 0 aliphatic rings. The summed E-state index contributed by atoms with van der Waals surface area (Å²) in [6, 6.07) is 0. The summed E-state index contributed by atoms with van der Waals surface area (Å²) in [5.74, 6) is 0. The summed E-state index contributed by atoms with van der Waals surface area (Å²) in [6.45, 7) is 0. The molecule has 52 valence electrons. The summed E-state index contributed by atoms with van der Waals surface area (Å²) in [6.07, 6.45) is -4.59. The molecular weight excluding hydrogens is 327 g/mol. The number of halogens is 6. The molecule has 0 unspecified atom stereocenters. The van der Waals surface area contributed by atoms with Gasteiger partial charge in [0.2, 0.25) is 0 Å². The van der Waals surface area contributed by atoms with E-state index in [0.29, 0.717) is 0 Å². The van der Waals surface area contributed by atoms with Gasteiger partial charge < -0.3 is 0 Å². The van der Waals surface area contributed by atoms with Crippen molar-refractivity contribution in [1.29, 1.82) is 0 Å². The third-order valence-electron chi connectivity index (χ3n) is 0.146. The summed E-state index contributed by atoms with van der Waals surface area (Å²) < 4.78 is 36.3. The minimum atomic E-state index is -4.59. The third-order valence-corrected chi connectivity index (χ3v) is 2.19. The molecule has 7 heteroatoms. The van der Waals surface area contributed by atoms with Crippen molar-refractivity contribution in [3.63, 3.8) is 0 Å². The van der Waals surface area contributed by atoms with Crippen LogP contribution in [0, 0.1) is 0 Å². The Kier molecular flexibility index (Phi) is 3.96. The van der Waals surface area contributed by atoms with E-state index >= 15 is 0 Å². The molecule has 0 amide bonds. The Morgan fingerprint density at radius 3 is 1.88 bits per heavy atom. The van der Waals surface area contributed by atoms with Crippen molar-refractivity contribution in [3.05, 3.63) is 0 Å². The first-order chi connectivity index (χ1) is 3.42. The Morgan fingerprint density at radius 2 is 1.88 bits per heavy atom. The van der Waals surface area contributed by atoms with Crippen LogP contribution in [0.2, 0.25) is 0 Å². The van der Waals surface area contributed by atoms with Gasteiger partial charge in [0.1, 0.15) is 0 Å². The normalized spacial score (nSPS) is 13.9. The van der Waals surface area contributed by atoms with Gasteiger partial charge in [0, 0.05) is 0 Å². The topological polar surface area (TPSA) is 9.23 Å². The molecule has 0 saturated carbocycles. The molecule has 0 aliphatic carbocycles. The first-order valence-corrected chi connectivity index (χ1v) is 9.66. The minimum absolute atomic E-state index is 2.49. The van der Waals surface area contributed by atoms with Crippen LogP contribution in [0.5, 0.6) is 0 Å². The van der Waals surface area contributed by atoms with Gasteiger partial charge in [-0.25, -0.2) is 0 Å². The van der Waals surface area contributed by atoms with Crippen LogP contribution in [-0.2, 0) is 3.07 Å². The summed E-state index contributed by atoms with van der Waals surface area (Å²) in [5.41, 5.74) is 0. The van der Waals surface area contributed by atoms with Crippen molar-refractivity contribution >= 4 is 38.5 Å². The molecule has 0 aromatic rings. The van der Waals surface area contributed by atoms with Gasteiger partial charge in [0.25, 0.3) is 0 Å². The molecule has 0 radical (unpaired) electrons. The zero-order valence-electron chi connectivity index (χ0n) is 3.18. The first-order valence-electron chi connectivity index (χ1n) is 1.21. The molecule has 0 fully saturated rings. The van der Waals surface area contributed by atoms with Gasteiger partial charge in [-0.2, -0.15) is 0 Å². The molecular formula is CBrClF3IO. The molecule has 8 heavy (non-hydrogen) atoms. The number of hydrogen-bond donors (Lipinski definition) is 0. The predicted octanol–water partition coefficient (Wildman–Crippen LogP) is 3.41. The Labute approximate surface area is 60.9 Å². The van der Waals surface area contributed by atoms with Crippen LogP contribution in [0.25, 0.3) is 0 Å². The summed E-state index contributed by atoms with van der Waals surface area (Å²) in [4.78, 5) is 0. The van der Waals surface area contributed by atoms with Crippen LogP contribution in [0.3, 0.4) is 0 Å². The molecule has 0 rings (SSSR count). The second-order valence-corrected chi connectivity index (χ2v) is 9.82. The van der Waals surface area contributed by atoms with Crippen LogP contribution < -0.4 is 0 Å². The van der Waals surface area contributed by atoms with Crippen LogP contribution in [0.4, 0.5) is 13.2 Å². The Hall–Kier alpha value is 1.25. The van der Waals surface area contributed by atoms with Crippen molar-refractivity contribution in [2.75, 3.05) is 0 Å². The standard InChI is InChI=1S/CBrClF3IO/c2-7(3)8-1(4,5)6. The Bertz CT molecular complexity index is 74.2. The fraction of sp³-hybridized carbons (Fsp3) is 1.00. The fourth-order valence-electron chi connectivity index (χ4n) is 0.0661.